The molecule has 6 heteroatoms. The van der Waals surface area contributed by atoms with Crippen LogP contribution >= 0.6 is 11.8 Å². The molecule has 0 aromatic heterocycles. The van der Waals surface area contributed by atoms with Crippen molar-refractivity contribution in [1.29, 1.82) is 0 Å². The van der Waals surface area contributed by atoms with Crippen molar-refractivity contribution in [2.24, 2.45) is 0 Å². The van der Waals surface area contributed by atoms with Crippen molar-refractivity contribution < 1.29 is 19.1 Å². The van der Waals surface area contributed by atoms with Gasteiger partial charge >= 0.3 is 0 Å². The molecule has 1 aliphatic heterocycles. The molecule has 0 saturated heterocycles. The second-order valence-electron chi connectivity index (χ2n) is 6.45. The predicted molar refractivity (Wildman–Crippen MR) is 118 cm³/mol. The van der Waals surface area contributed by atoms with Gasteiger partial charge in [-0.15, -0.1) is 11.8 Å². The Morgan fingerprint density at radius 1 is 0.862 bits per heavy atom. The van der Waals surface area contributed by atoms with Gasteiger partial charge in [-0.1, -0.05) is 36.8 Å². The molecule has 2 amide bonds. The van der Waals surface area contributed by atoms with Gasteiger partial charge in [-0.25, -0.2) is 4.90 Å². The van der Waals surface area contributed by atoms with E-state index in [0.29, 0.717) is 46.6 Å². The summed E-state index contributed by atoms with van der Waals surface area (Å²) in [6.45, 7) is 8.68. The first-order chi connectivity index (χ1) is 14.0. The molecule has 5 nitrogen and oxygen atoms in total. The summed E-state index contributed by atoms with van der Waals surface area (Å²) in [5.41, 5.74) is 2.78. The number of nitrogens with zero attached hydrogens (tertiary/aromatic N) is 1. The van der Waals surface area contributed by atoms with Crippen LogP contribution in [-0.2, 0) is 9.59 Å². The van der Waals surface area contributed by atoms with Gasteiger partial charge in [-0.2, -0.15) is 0 Å². The largest absolute Gasteiger partial charge is 0.490 e. The summed E-state index contributed by atoms with van der Waals surface area (Å²) >= 11 is 1.39. The van der Waals surface area contributed by atoms with Crippen LogP contribution in [-0.4, -0.2) is 30.8 Å². The van der Waals surface area contributed by atoms with Crippen molar-refractivity contribution >= 4 is 34.8 Å². The number of hydrogen-bond acceptors (Lipinski definition) is 5. The minimum Gasteiger partial charge on any atom is -0.490 e. The average Bonchev–Trinajstić information content (AvgIpc) is 2.95. The van der Waals surface area contributed by atoms with Gasteiger partial charge in [0.15, 0.2) is 11.5 Å². The average molecular weight is 412 g/mol. The fraction of sp³-hybridized carbons (Fsp3) is 0.304. The van der Waals surface area contributed by atoms with Gasteiger partial charge in [-0.05, 0) is 44.2 Å². The Balaban J connectivity index is 2.04. The third kappa shape index (κ3) is 4.17. The van der Waals surface area contributed by atoms with Gasteiger partial charge in [0.2, 0.25) is 0 Å². The molecule has 29 heavy (non-hydrogen) atoms. The van der Waals surface area contributed by atoms with E-state index in [1.807, 2.05) is 52.0 Å². The quantitative estimate of drug-likeness (QED) is 0.583. The maximum absolute atomic E-state index is 13.3. The van der Waals surface area contributed by atoms with Crippen LogP contribution in [0.25, 0.3) is 5.57 Å². The van der Waals surface area contributed by atoms with Crippen molar-refractivity contribution in [3.8, 4) is 11.5 Å². The first kappa shape index (κ1) is 21.0. The maximum atomic E-state index is 13.3. The first-order valence-corrected chi connectivity index (χ1v) is 10.7. The topological polar surface area (TPSA) is 55.8 Å². The smallest absolute Gasteiger partial charge is 0.272 e. The maximum Gasteiger partial charge on any atom is 0.272 e. The van der Waals surface area contributed by atoms with Crippen LogP contribution in [0.2, 0.25) is 0 Å². The lowest BCUT2D eigenvalue weighted by Crippen LogP contribution is -2.31. The summed E-state index contributed by atoms with van der Waals surface area (Å²) in [6.07, 6.45) is 0. The summed E-state index contributed by atoms with van der Waals surface area (Å²) in [5, 5.41) is 0. The van der Waals surface area contributed by atoms with Gasteiger partial charge in [-0.3, -0.25) is 9.59 Å². The highest BCUT2D eigenvalue weighted by atomic mass is 32.2. The molecule has 3 rings (SSSR count). The third-order valence-electron chi connectivity index (χ3n) is 4.46. The fourth-order valence-electron chi connectivity index (χ4n) is 3.18. The Morgan fingerprint density at radius 3 is 2.14 bits per heavy atom. The summed E-state index contributed by atoms with van der Waals surface area (Å²) < 4.78 is 11.3. The van der Waals surface area contributed by atoms with Crippen LogP contribution in [0.3, 0.4) is 0 Å². The van der Waals surface area contributed by atoms with E-state index in [1.165, 1.54) is 16.7 Å². The summed E-state index contributed by atoms with van der Waals surface area (Å²) in [5.74, 6) is 1.18. The van der Waals surface area contributed by atoms with Gasteiger partial charge < -0.3 is 9.47 Å². The van der Waals surface area contributed by atoms with Crippen LogP contribution in [0.4, 0.5) is 5.69 Å². The molecular weight excluding hydrogens is 386 g/mol. The molecule has 2 aromatic rings. The summed E-state index contributed by atoms with van der Waals surface area (Å²) in [7, 11) is 0. The van der Waals surface area contributed by atoms with Crippen molar-refractivity contribution in [2.45, 2.75) is 27.7 Å². The van der Waals surface area contributed by atoms with Crippen molar-refractivity contribution in [2.75, 3.05) is 23.9 Å². The minimum absolute atomic E-state index is 0.302. The molecule has 0 saturated carbocycles. The van der Waals surface area contributed by atoms with E-state index in [2.05, 4.69) is 0 Å². The number of amides is 2. The number of ether oxygens (including phenoxy) is 2. The lowest BCUT2D eigenvalue weighted by molar-refractivity contribution is -0.119. The molecule has 0 unspecified atom stereocenters. The van der Waals surface area contributed by atoms with Crippen LogP contribution < -0.4 is 14.4 Å². The van der Waals surface area contributed by atoms with E-state index >= 15 is 0 Å². The van der Waals surface area contributed by atoms with Gasteiger partial charge in [0.25, 0.3) is 11.8 Å². The molecule has 0 radical (unpaired) electrons. The van der Waals surface area contributed by atoms with E-state index in [4.69, 9.17) is 9.47 Å². The molecule has 0 bridgehead atoms. The molecule has 152 valence electrons. The van der Waals surface area contributed by atoms with Crippen LogP contribution in [0.15, 0.2) is 47.4 Å². The minimum atomic E-state index is -0.318. The van der Waals surface area contributed by atoms with E-state index in [9.17, 15) is 9.59 Å². The molecule has 0 spiro atoms. The molecule has 0 atom stereocenters. The predicted octanol–water partition coefficient (Wildman–Crippen LogP) is 4.83. The summed E-state index contributed by atoms with van der Waals surface area (Å²) in [4.78, 5) is 28.2. The number of benzene rings is 2. The Labute approximate surface area is 175 Å². The Kier molecular flexibility index (Phi) is 6.64. The van der Waals surface area contributed by atoms with Crippen molar-refractivity contribution in [1.82, 2.24) is 0 Å². The van der Waals surface area contributed by atoms with E-state index in [-0.39, 0.29) is 11.8 Å². The first-order valence-electron chi connectivity index (χ1n) is 9.74. The Bertz CT molecular complexity index is 950. The second-order valence-corrected chi connectivity index (χ2v) is 7.72. The monoisotopic (exact) mass is 411 g/mol. The lowest BCUT2D eigenvalue weighted by atomic mass is 10.0. The molecule has 0 N–H and O–H groups in total. The standard InChI is InChI=1S/C23H25NO4S/c1-5-27-18-13-12-17(14-19(18)28-6-2)24-22(25)20(21(23(24)26)29-7-3)16-10-8-15(4)9-11-16/h8-14H,5-7H2,1-4H3. The molecular formula is C23H25NO4S. The molecule has 1 heterocycles. The SMILES string of the molecule is CCOc1ccc(N2C(=O)C(SCC)=C(c3ccc(C)cc3)C2=O)cc1OCC. The van der Waals surface area contributed by atoms with E-state index in [0.717, 1.165) is 11.1 Å². The number of carbonyl (C=O) groups is 2. The van der Waals surface area contributed by atoms with Crippen LogP contribution in [0.1, 0.15) is 31.9 Å². The van der Waals surface area contributed by atoms with Crippen LogP contribution in [0.5, 0.6) is 11.5 Å². The van der Waals surface area contributed by atoms with E-state index in [1.54, 1.807) is 18.2 Å². The zero-order chi connectivity index (χ0) is 21.0. The number of hydrogen-bond donors (Lipinski definition) is 0. The summed E-state index contributed by atoms with van der Waals surface area (Å²) in [6, 6.07) is 12.8. The normalized spacial score (nSPS) is 14.0. The highest BCUT2D eigenvalue weighted by Crippen LogP contribution is 2.40. The second kappa shape index (κ2) is 9.18. The van der Waals surface area contributed by atoms with Gasteiger partial charge in [0, 0.05) is 6.07 Å². The molecule has 0 fully saturated rings. The molecule has 0 aliphatic carbocycles. The molecule has 2 aromatic carbocycles. The lowest BCUT2D eigenvalue weighted by Gasteiger charge is -2.18. The highest BCUT2D eigenvalue weighted by Gasteiger charge is 2.40. The Morgan fingerprint density at radius 2 is 1.52 bits per heavy atom. The van der Waals surface area contributed by atoms with Crippen LogP contribution in [0, 0.1) is 6.92 Å². The number of carbonyl (C=O) groups excluding carboxylic acids is 2. The highest BCUT2D eigenvalue weighted by molar-refractivity contribution is 8.04. The number of imide groups is 1. The zero-order valence-electron chi connectivity index (χ0n) is 17.2. The zero-order valence-corrected chi connectivity index (χ0v) is 18.0. The third-order valence-corrected chi connectivity index (χ3v) is 5.41. The number of rotatable bonds is 8. The van der Waals surface area contributed by atoms with Gasteiger partial charge in [0.1, 0.15) is 0 Å². The van der Waals surface area contributed by atoms with Crippen molar-refractivity contribution in [3.05, 3.63) is 58.5 Å². The van der Waals surface area contributed by atoms with E-state index < -0.39 is 0 Å². The number of anilines is 1. The molecule has 1 aliphatic rings. The number of thioether (sulfide) groups is 1. The van der Waals surface area contributed by atoms with Crippen molar-refractivity contribution in [3.63, 3.8) is 0 Å². The fourth-order valence-corrected chi connectivity index (χ4v) is 4.03. The Hall–Kier alpha value is -2.73. The number of aryl methyl sites for hydroxylation is 1. The van der Waals surface area contributed by atoms with Gasteiger partial charge in [0.05, 0.1) is 29.4 Å².